The maximum absolute atomic E-state index is 11.8. The SMILES string of the molecule is CC(CCCN)C(=O)NCCc1nnc2ccccn12. The van der Waals surface area contributed by atoms with Crippen LogP contribution in [0, 0.1) is 5.92 Å². The second kappa shape index (κ2) is 7.00. The minimum Gasteiger partial charge on any atom is -0.355 e. The lowest BCUT2D eigenvalue weighted by atomic mass is 10.1. The molecule has 1 atom stereocenters. The Hall–Kier alpha value is -1.95. The number of hydrogen-bond donors (Lipinski definition) is 2. The van der Waals surface area contributed by atoms with Crippen molar-refractivity contribution >= 4 is 11.6 Å². The third-order valence-electron chi connectivity index (χ3n) is 3.32. The molecule has 0 spiro atoms. The lowest BCUT2D eigenvalue weighted by molar-refractivity contribution is -0.124. The molecule has 0 aromatic carbocycles. The van der Waals surface area contributed by atoms with E-state index >= 15 is 0 Å². The summed E-state index contributed by atoms with van der Waals surface area (Å²) >= 11 is 0. The topological polar surface area (TPSA) is 85.3 Å². The Morgan fingerprint density at radius 2 is 2.30 bits per heavy atom. The van der Waals surface area contributed by atoms with Gasteiger partial charge in [0.05, 0.1) is 0 Å². The van der Waals surface area contributed by atoms with Crippen LogP contribution in [0.3, 0.4) is 0 Å². The highest BCUT2D eigenvalue weighted by Gasteiger charge is 2.12. The van der Waals surface area contributed by atoms with Crippen LogP contribution < -0.4 is 11.1 Å². The van der Waals surface area contributed by atoms with Gasteiger partial charge in [0.1, 0.15) is 5.82 Å². The van der Waals surface area contributed by atoms with E-state index in [0.29, 0.717) is 19.5 Å². The molecule has 6 nitrogen and oxygen atoms in total. The Bertz CT molecular complexity index is 565. The standard InChI is InChI=1S/C14H21N5O/c1-11(5-4-8-15)14(20)16-9-7-13-18-17-12-6-2-3-10-19(12)13/h2-3,6,10-11H,4-5,7-9,15H2,1H3,(H,16,20). The van der Waals surface area contributed by atoms with E-state index in [9.17, 15) is 4.79 Å². The summed E-state index contributed by atoms with van der Waals surface area (Å²) in [5, 5.41) is 11.1. The second-order valence-electron chi connectivity index (χ2n) is 4.92. The highest BCUT2D eigenvalue weighted by Crippen LogP contribution is 2.05. The summed E-state index contributed by atoms with van der Waals surface area (Å²) in [6.45, 7) is 3.13. The summed E-state index contributed by atoms with van der Waals surface area (Å²) in [4.78, 5) is 11.8. The van der Waals surface area contributed by atoms with Crippen molar-refractivity contribution < 1.29 is 4.79 Å². The molecule has 2 rings (SSSR count). The number of aromatic nitrogens is 3. The molecule has 3 N–H and O–H groups in total. The van der Waals surface area contributed by atoms with Crippen LogP contribution in [0.25, 0.3) is 5.65 Å². The fourth-order valence-corrected chi connectivity index (χ4v) is 2.09. The maximum Gasteiger partial charge on any atom is 0.222 e. The molecule has 0 fully saturated rings. The van der Waals surface area contributed by atoms with Crippen molar-refractivity contribution in [2.24, 2.45) is 11.7 Å². The van der Waals surface area contributed by atoms with Gasteiger partial charge in [-0.1, -0.05) is 13.0 Å². The van der Waals surface area contributed by atoms with Crippen LogP contribution in [0.5, 0.6) is 0 Å². The number of carbonyl (C=O) groups excluding carboxylic acids is 1. The Morgan fingerprint density at radius 3 is 3.10 bits per heavy atom. The van der Waals surface area contributed by atoms with Crippen molar-refractivity contribution in [1.82, 2.24) is 19.9 Å². The number of amides is 1. The molecule has 0 saturated heterocycles. The van der Waals surface area contributed by atoms with Gasteiger partial charge in [0.25, 0.3) is 0 Å². The molecule has 1 amide bonds. The first-order valence-corrected chi connectivity index (χ1v) is 6.99. The average molecular weight is 275 g/mol. The van der Waals surface area contributed by atoms with Gasteiger partial charge in [-0.3, -0.25) is 9.20 Å². The molecular formula is C14H21N5O. The van der Waals surface area contributed by atoms with E-state index < -0.39 is 0 Å². The summed E-state index contributed by atoms with van der Waals surface area (Å²) in [5.41, 5.74) is 6.27. The Morgan fingerprint density at radius 1 is 1.45 bits per heavy atom. The molecule has 6 heteroatoms. The minimum absolute atomic E-state index is 0.00805. The normalized spacial score (nSPS) is 12.5. The van der Waals surface area contributed by atoms with E-state index in [2.05, 4.69) is 15.5 Å². The highest BCUT2D eigenvalue weighted by molar-refractivity contribution is 5.78. The number of fused-ring (bicyclic) bond motifs is 1. The van der Waals surface area contributed by atoms with Crippen molar-refractivity contribution in [2.45, 2.75) is 26.2 Å². The first kappa shape index (κ1) is 14.5. The predicted molar refractivity (Wildman–Crippen MR) is 77.2 cm³/mol. The lowest BCUT2D eigenvalue weighted by Crippen LogP contribution is -2.31. The van der Waals surface area contributed by atoms with E-state index in [1.165, 1.54) is 0 Å². The van der Waals surface area contributed by atoms with Crippen LogP contribution in [0.2, 0.25) is 0 Å². The van der Waals surface area contributed by atoms with Crippen LogP contribution in [0.1, 0.15) is 25.6 Å². The quantitative estimate of drug-likeness (QED) is 0.781. The maximum atomic E-state index is 11.8. The third kappa shape index (κ3) is 3.54. The molecule has 0 radical (unpaired) electrons. The first-order chi connectivity index (χ1) is 9.72. The zero-order valence-electron chi connectivity index (χ0n) is 11.7. The van der Waals surface area contributed by atoms with Crippen LogP contribution in [0.15, 0.2) is 24.4 Å². The van der Waals surface area contributed by atoms with Crippen LogP contribution in [-0.4, -0.2) is 33.6 Å². The van der Waals surface area contributed by atoms with Gasteiger partial charge in [0.2, 0.25) is 5.91 Å². The number of nitrogens with two attached hydrogens (primary N) is 1. The molecular weight excluding hydrogens is 254 g/mol. The van der Waals surface area contributed by atoms with E-state index in [0.717, 1.165) is 24.3 Å². The first-order valence-electron chi connectivity index (χ1n) is 6.99. The summed E-state index contributed by atoms with van der Waals surface area (Å²) in [6.07, 6.45) is 4.30. The number of nitrogens with one attached hydrogen (secondary N) is 1. The third-order valence-corrected chi connectivity index (χ3v) is 3.32. The molecule has 108 valence electrons. The van der Waals surface area contributed by atoms with E-state index in [-0.39, 0.29) is 11.8 Å². The monoisotopic (exact) mass is 275 g/mol. The molecule has 0 aliphatic heterocycles. The second-order valence-corrected chi connectivity index (χ2v) is 4.92. The Balaban J connectivity index is 1.82. The lowest BCUT2D eigenvalue weighted by Gasteiger charge is -2.11. The number of nitrogens with zero attached hydrogens (tertiary/aromatic N) is 3. The van der Waals surface area contributed by atoms with Crippen molar-refractivity contribution in [2.75, 3.05) is 13.1 Å². The van der Waals surface area contributed by atoms with Crippen molar-refractivity contribution in [3.63, 3.8) is 0 Å². The molecule has 1 unspecified atom stereocenters. The van der Waals surface area contributed by atoms with E-state index in [4.69, 9.17) is 5.73 Å². The van der Waals surface area contributed by atoms with Gasteiger partial charge in [-0.05, 0) is 31.5 Å². The summed E-state index contributed by atoms with van der Waals surface area (Å²) < 4.78 is 1.93. The molecule has 20 heavy (non-hydrogen) atoms. The molecule has 0 aliphatic carbocycles. The molecule has 2 heterocycles. The van der Waals surface area contributed by atoms with Crippen molar-refractivity contribution in [1.29, 1.82) is 0 Å². The van der Waals surface area contributed by atoms with Gasteiger partial charge in [0, 0.05) is 25.1 Å². The summed E-state index contributed by atoms with van der Waals surface area (Å²) in [6, 6.07) is 5.77. The fraction of sp³-hybridized carbons (Fsp3) is 0.500. The summed E-state index contributed by atoms with van der Waals surface area (Å²) in [5.74, 6) is 0.941. The smallest absolute Gasteiger partial charge is 0.222 e. The molecule has 0 aliphatic rings. The van der Waals surface area contributed by atoms with Crippen molar-refractivity contribution in [3.8, 4) is 0 Å². The van der Waals surface area contributed by atoms with Crippen LogP contribution in [0.4, 0.5) is 0 Å². The predicted octanol–water partition coefficient (Wildman–Crippen LogP) is 0.763. The molecule has 2 aromatic rings. The van der Waals surface area contributed by atoms with Gasteiger partial charge in [0.15, 0.2) is 5.65 Å². The number of rotatable bonds is 7. The largest absolute Gasteiger partial charge is 0.355 e. The zero-order chi connectivity index (χ0) is 14.4. The van der Waals surface area contributed by atoms with Crippen LogP contribution >= 0.6 is 0 Å². The Kier molecular flexibility index (Phi) is 5.06. The van der Waals surface area contributed by atoms with Gasteiger partial charge in [-0.25, -0.2) is 0 Å². The Labute approximate surface area is 118 Å². The average Bonchev–Trinajstić information content (AvgIpc) is 2.88. The van der Waals surface area contributed by atoms with E-state index in [1.54, 1.807) is 0 Å². The molecule has 2 aromatic heterocycles. The van der Waals surface area contributed by atoms with E-state index in [1.807, 2.05) is 35.7 Å². The molecule has 0 bridgehead atoms. The van der Waals surface area contributed by atoms with Gasteiger partial charge in [-0.2, -0.15) is 0 Å². The minimum atomic E-state index is 0.00805. The summed E-state index contributed by atoms with van der Waals surface area (Å²) in [7, 11) is 0. The number of pyridine rings is 1. The fourth-order valence-electron chi connectivity index (χ4n) is 2.09. The van der Waals surface area contributed by atoms with Gasteiger partial charge >= 0.3 is 0 Å². The van der Waals surface area contributed by atoms with Gasteiger partial charge in [-0.15, -0.1) is 10.2 Å². The van der Waals surface area contributed by atoms with Crippen LogP contribution in [-0.2, 0) is 11.2 Å². The molecule has 0 saturated carbocycles. The van der Waals surface area contributed by atoms with Crippen molar-refractivity contribution in [3.05, 3.63) is 30.2 Å². The number of carbonyl (C=O) groups is 1. The number of hydrogen-bond acceptors (Lipinski definition) is 4. The zero-order valence-corrected chi connectivity index (χ0v) is 11.7. The van der Waals surface area contributed by atoms with Gasteiger partial charge < -0.3 is 11.1 Å². The highest BCUT2D eigenvalue weighted by atomic mass is 16.1.